The molecule has 82 valence electrons. The average Bonchev–Trinajstić information content (AvgIpc) is 2.85. The smallest absolute Gasteiger partial charge is 0.0430 e. The lowest BCUT2D eigenvalue weighted by atomic mass is 10.0. The largest absolute Gasteiger partial charge is 0.135 e. The standard InChI is InChI=1S/C15H9BrS/c16-10-5-6-14-12(8-10)13-7-9-3-1-2-4-11(9)15(13)17-14/h1-2,4-8H,3H2. The quantitative estimate of drug-likeness (QED) is 0.611. The average molecular weight is 301 g/mol. The zero-order valence-corrected chi connectivity index (χ0v) is 11.4. The Hall–Kier alpha value is -1.12. The predicted octanol–water partition coefficient (Wildman–Crippen LogP) is 5.40. The van der Waals surface area contributed by atoms with E-state index in [0.29, 0.717) is 0 Å². The van der Waals surface area contributed by atoms with E-state index < -0.39 is 0 Å². The Morgan fingerprint density at radius 1 is 1.24 bits per heavy atom. The first-order chi connectivity index (χ1) is 8.33. The molecule has 0 saturated carbocycles. The number of fused-ring (bicyclic) bond motifs is 5. The van der Waals surface area contributed by atoms with Gasteiger partial charge in [-0.2, -0.15) is 0 Å². The highest BCUT2D eigenvalue weighted by molar-refractivity contribution is 9.10. The summed E-state index contributed by atoms with van der Waals surface area (Å²) in [5.41, 5.74) is 4.31. The Morgan fingerprint density at radius 2 is 2.18 bits per heavy atom. The molecule has 1 aromatic heterocycles. The molecule has 0 radical (unpaired) electrons. The Morgan fingerprint density at radius 3 is 3.12 bits per heavy atom. The molecule has 0 spiro atoms. The molecule has 2 heteroatoms. The molecule has 0 bridgehead atoms. The van der Waals surface area contributed by atoms with Crippen molar-refractivity contribution in [3.8, 4) is 0 Å². The molecule has 2 aliphatic carbocycles. The third-order valence-corrected chi connectivity index (χ3v) is 5.05. The molecular formula is C15H9BrS. The highest BCUT2D eigenvalue weighted by atomic mass is 79.9. The van der Waals surface area contributed by atoms with E-state index in [-0.39, 0.29) is 0 Å². The molecule has 0 unspecified atom stereocenters. The van der Waals surface area contributed by atoms with Gasteiger partial charge >= 0.3 is 0 Å². The zero-order valence-electron chi connectivity index (χ0n) is 9.03. The van der Waals surface area contributed by atoms with Crippen LogP contribution in [0.25, 0.3) is 21.7 Å². The van der Waals surface area contributed by atoms with Crippen molar-refractivity contribution >= 4 is 49.0 Å². The van der Waals surface area contributed by atoms with Crippen LogP contribution in [0, 0.1) is 0 Å². The second-order valence-corrected chi connectivity index (χ2v) is 6.34. The minimum atomic E-state index is 1.07. The van der Waals surface area contributed by atoms with E-state index >= 15 is 0 Å². The van der Waals surface area contributed by atoms with Gasteiger partial charge in [0, 0.05) is 25.0 Å². The summed E-state index contributed by atoms with van der Waals surface area (Å²) in [5.74, 6) is 0. The van der Waals surface area contributed by atoms with Crippen molar-refractivity contribution in [3.63, 3.8) is 0 Å². The first kappa shape index (κ1) is 9.86. The Bertz CT molecular complexity index is 729. The maximum atomic E-state index is 3.56. The zero-order chi connectivity index (χ0) is 11.4. The van der Waals surface area contributed by atoms with Crippen LogP contribution in [0.4, 0.5) is 0 Å². The first-order valence-electron chi connectivity index (χ1n) is 5.63. The fourth-order valence-electron chi connectivity index (χ4n) is 2.54. The number of allylic oxidation sites excluding steroid dienone is 5. The molecule has 4 rings (SSSR count). The fraction of sp³-hybridized carbons (Fsp3) is 0.0667. The van der Waals surface area contributed by atoms with Gasteiger partial charge < -0.3 is 0 Å². The summed E-state index contributed by atoms with van der Waals surface area (Å²) in [6.07, 6.45) is 10.1. The summed E-state index contributed by atoms with van der Waals surface area (Å²) in [4.78, 5) is 1.44. The molecule has 2 aromatic rings. The number of hydrogen-bond donors (Lipinski definition) is 0. The molecule has 0 atom stereocenters. The van der Waals surface area contributed by atoms with Gasteiger partial charge in [0.2, 0.25) is 0 Å². The van der Waals surface area contributed by atoms with Crippen molar-refractivity contribution < 1.29 is 0 Å². The molecule has 0 fully saturated rings. The van der Waals surface area contributed by atoms with Crippen molar-refractivity contribution in [2.24, 2.45) is 0 Å². The maximum Gasteiger partial charge on any atom is 0.0430 e. The van der Waals surface area contributed by atoms with Crippen molar-refractivity contribution in [3.05, 3.63) is 56.9 Å². The van der Waals surface area contributed by atoms with Crippen LogP contribution in [0.3, 0.4) is 0 Å². The molecule has 0 N–H and O–H groups in total. The lowest BCUT2D eigenvalue weighted by Gasteiger charge is -2.05. The van der Waals surface area contributed by atoms with Gasteiger partial charge in [-0.15, -0.1) is 11.3 Å². The van der Waals surface area contributed by atoms with Gasteiger partial charge in [0.1, 0.15) is 0 Å². The molecule has 0 nitrogen and oxygen atoms in total. The Labute approximate surface area is 112 Å². The van der Waals surface area contributed by atoms with Crippen molar-refractivity contribution in [2.75, 3.05) is 0 Å². The first-order valence-corrected chi connectivity index (χ1v) is 7.24. The Balaban J connectivity index is 2.08. The molecular weight excluding hydrogens is 292 g/mol. The van der Waals surface area contributed by atoms with Gasteiger partial charge in [-0.1, -0.05) is 34.2 Å². The number of rotatable bonds is 0. The summed E-state index contributed by atoms with van der Waals surface area (Å²) in [7, 11) is 0. The number of benzene rings is 1. The molecule has 1 aromatic carbocycles. The van der Waals surface area contributed by atoms with Gasteiger partial charge in [-0.25, -0.2) is 0 Å². The molecule has 0 aliphatic heterocycles. The highest BCUT2D eigenvalue weighted by Crippen LogP contribution is 2.47. The van der Waals surface area contributed by atoms with E-state index in [0.717, 1.165) is 10.9 Å². The van der Waals surface area contributed by atoms with Gasteiger partial charge in [0.05, 0.1) is 0 Å². The van der Waals surface area contributed by atoms with E-state index in [1.165, 1.54) is 31.7 Å². The van der Waals surface area contributed by atoms with Crippen LogP contribution in [-0.4, -0.2) is 0 Å². The van der Waals surface area contributed by atoms with E-state index in [1.54, 1.807) is 0 Å². The van der Waals surface area contributed by atoms with E-state index in [9.17, 15) is 0 Å². The van der Waals surface area contributed by atoms with E-state index in [2.05, 4.69) is 58.4 Å². The van der Waals surface area contributed by atoms with Gasteiger partial charge in [-0.05, 0) is 41.8 Å². The second-order valence-electron chi connectivity index (χ2n) is 4.37. The van der Waals surface area contributed by atoms with Crippen LogP contribution in [-0.2, 0) is 0 Å². The van der Waals surface area contributed by atoms with Crippen LogP contribution >= 0.6 is 27.3 Å². The van der Waals surface area contributed by atoms with Crippen LogP contribution in [0.5, 0.6) is 0 Å². The summed E-state index contributed by atoms with van der Waals surface area (Å²) < 4.78 is 2.54. The number of thiophene rings is 1. The highest BCUT2D eigenvalue weighted by Gasteiger charge is 2.23. The van der Waals surface area contributed by atoms with Crippen molar-refractivity contribution in [1.82, 2.24) is 0 Å². The lowest BCUT2D eigenvalue weighted by molar-refractivity contribution is 1.31. The van der Waals surface area contributed by atoms with Crippen molar-refractivity contribution in [1.29, 1.82) is 0 Å². The van der Waals surface area contributed by atoms with Gasteiger partial charge in [-0.3, -0.25) is 0 Å². The van der Waals surface area contributed by atoms with E-state index in [1.807, 2.05) is 11.3 Å². The number of hydrogen-bond acceptors (Lipinski definition) is 1. The monoisotopic (exact) mass is 300 g/mol. The third kappa shape index (κ3) is 1.34. The van der Waals surface area contributed by atoms with Crippen LogP contribution in [0.15, 0.2) is 46.5 Å². The topological polar surface area (TPSA) is 0 Å². The fourth-order valence-corrected chi connectivity index (χ4v) is 4.12. The maximum absolute atomic E-state index is 3.56. The normalized spacial score (nSPS) is 16.8. The summed E-state index contributed by atoms with van der Waals surface area (Å²) >= 11 is 5.46. The predicted molar refractivity (Wildman–Crippen MR) is 79.2 cm³/mol. The molecule has 17 heavy (non-hydrogen) atoms. The van der Waals surface area contributed by atoms with Crippen LogP contribution < -0.4 is 0 Å². The minimum Gasteiger partial charge on any atom is -0.135 e. The third-order valence-electron chi connectivity index (χ3n) is 3.33. The lowest BCUT2D eigenvalue weighted by Crippen LogP contribution is -1.84. The van der Waals surface area contributed by atoms with Gasteiger partial charge in [0.15, 0.2) is 0 Å². The van der Waals surface area contributed by atoms with Gasteiger partial charge in [0.25, 0.3) is 0 Å². The summed E-state index contributed by atoms with van der Waals surface area (Å²) in [6.45, 7) is 0. The second kappa shape index (κ2) is 3.44. The van der Waals surface area contributed by atoms with Crippen LogP contribution in [0.2, 0.25) is 0 Å². The number of halogens is 1. The molecule has 0 amide bonds. The summed E-state index contributed by atoms with van der Waals surface area (Å²) in [5, 5.41) is 1.38. The molecule has 0 saturated heterocycles. The summed E-state index contributed by atoms with van der Waals surface area (Å²) in [6, 6.07) is 6.55. The van der Waals surface area contributed by atoms with Crippen molar-refractivity contribution in [2.45, 2.75) is 6.42 Å². The van der Waals surface area contributed by atoms with E-state index in [4.69, 9.17) is 0 Å². The molecule has 1 heterocycles. The Kier molecular flexibility index (Phi) is 1.99. The SMILES string of the molecule is Brc1ccc2sc3c(c2c1)C=C1CC=CC=C13. The minimum absolute atomic E-state index is 1.07. The molecule has 2 aliphatic rings. The van der Waals surface area contributed by atoms with Crippen LogP contribution in [0.1, 0.15) is 16.9 Å².